The Hall–Kier alpha value is -2.70. The minimum Gasteiger partial charge on any atom is -0.494 e. The standard InChI is InChI=1S/C21H23N3O3/c1-2-27-16-8-6-15(7-9-16)21(26)17-4-3-5-19-18(17)14-20(25)24(19)23-12-10-22-11-13-23/h3-9,22H,2,10-14H2,1H3. The molecule has 2 aromatic carbocycles. The molecule has 0 spiro atoms. The van der Waals surface area contributed by atoms with Gasteiger partial charge in [0.25, 0.3) is 0 Å². The molecule has 0 unspecified atom stereocenters. The average Bonchev–Trinajstić information content (AvgIpc) is 3.05. The summed E-state index contributed by atoms with van der Waals surface area (Å²) in [6.07, 6.45) is 0.262. The van der Waals surface area contributed by atoms with E-state index in [0.717, 1.165) is 43.2 Å². The third kappa shape index (κ3) is 3.34. The van der Waals surface area contributed by atoms with Gasteiger partial charge in [0, 0.05) is 37.3 Å². The first-order valence-electron chi connectivity index (χ1n) is 9.37. The van der Waals surface area contributed by atoms with Crippen LogP contribution in [0.25, 0.3) is 0 Å². The molecule has 0 aromatic heterocycles. The summed E-state index contributed by atoms with van der Waals surface area (Å²) in [5.41, 5.74) is 2.85. The summed E-state index contributed by atoms with van der Waals surface area (Å²) in [6.45, 7) is 5.77. The van der Waals surface area contributed by atoms with E-state index in [1.54, 1.807) is 29.3 Å². The Kier molecular flexibility index (Phi) is 4.92. The molecule has 0 radical (unpaired) electrons. The Morgan fingerprint density at radius 3 is 2.56 bits per heavy atom. The maximum atomic E-state index is 13.1. The Morgan fingerprint density at radius 1 is 1.11 bits per heavy atom. The minimum absolute atomic E-state index is 0.0267. The number of carbonyl (C=O) groups is 2. The number of amides is 1. The summed E-state index contributed by atoms with van der Waals surface area (Å²) in [5, 5.41) is 7.12. The molecule has 1 fully saturated rings. The summed E-state index contributed by atoms with van der Waals surface area (Å²) in [4.78, 5) is 25.8. The summed E-state index contributed by atoms with van der Waals surface area (Å²) < 4.78 is 5.44. The van der Waals surface area contributed by atoms with Gasteiger partial charge in [0.05, 0.1) is 18.7 Å². The van der Waals surface area contributed by atoms with E-state index in [2.05, 4.69) is 10.3 Å². The molecule has 1 N–H and O–H groups in total. The molecule has 2 aliphatic heterocycles. The molecular weight excluding hydrogens is 342 g/mol. The molecule has 0 bridgehead atoms. The van der Waals surface area contributed by atoms with Crippen LogP contribution in [0, 0.1) is 0 Å². The van der Waals surface area contributed by atoms with Gasteiger partial charge in [0.15, 0.2) is 5.78 Å². The third-order valence-corrected chi connectivity index (χ3v) is 4.99. The predicted octanol–water partition coefficient (Wildman–Crippen LogP) is 2.03. The number of nitrogens with one attached hydrogen (secondary N) is 1. The van der Waals surface area contributed by atoms with Crippen molar-refractivity contribution in [2.45, 2.75) is 13.3 Å². The number of nitrogens with zero attached hydrogens (tertiary/aromatic N) is 2. The van der Waals surface area contributed by atoms with Gasteiger partial charge in [-0.3, -0.25) is 9.59 Å². The molecule has 2 aromatic rings. The molecule has 1 amide bonds. The van der Waals surface area contributed by atoms with Crippen molar-refractivity contribution in [2.24, 2.45) is 0 Å². The van der Waals surface area contributed by atoms with Gasteiger partial charge in [0.1, 0.15) is 5.75 Å². The van der Waals surface area contributed by atoms with Gasteiger partial charge in [0.2, 0.25) is 5.91 Å². The number of ketones is 1. The van der Waals surface area contributed by atoms with Gasteiger partial charge in [-0.15, -0.1) is 0 Å². The van der Waals surface area contributed by atoms with E-state index in [0.29, 0.717) is 17.7 Å². The summed E-state index contributed by atoms with van der Waals surface area (Å²) in [7, 11) is 0. The van der Waals surface area contributed by atoms with E-state index in [-0.39, 0.29) is 18.1 Å². The highest BCUT2D eigenvalue weighted by molar-refractivity contribution is 6.13. The Morgan fingerprint density at radius 2 is 1.85 bits per heavy atom. The molecule has 4 rings (SSSR count). The van der Waals surface area contributed by atoms with Crippen molar-refractivity contribution in [3.05, 3.63) is 59.2 Å². The lowest BCUT2D eigenvalue weighted by atomic mass is 9.96. The number of carbonyl (C=O) groups excluding carboxylic acids is 2. The monoisotopic (exact) mass is 365 g/mol. The Bertz CT molecular complexity index is 857. The first-order chi connectivity index (χ1) is 13.2. The number of rotatable bonds is 5. The lowest BCUT2D eigenvalue weighted by molar-refractivity contribution is -0.120. The smallest absolute Gasteiger partial charge is 0.246 e. The van der Waals surface area contributed by atoms with E-state index in [4.69, 9.17) is 4.74 Å². The molecule has 0 atom stereocenters. The number of benzene rings is 2. The van der Waals surface area contributed by atoms with E-state index in [9.17, 15) is 9.59 Å². The lowest BCUT2D eigenvalue weighted by Crippen LogP contribution is -2.53. The number of anilines is 1. The first-order valence-corrected chi connectivity index (χ1v) is 9.37. The van der Waals surface area contributed by atoms with Gasteiger partial charge < -0.3 is 10.1 Å². The van der Waals surface area contributed by atoms with Gasteiger partial charge in [-0.1, -0.05) is 12.1 Å². The molecule has 6 heteroatoms. The fourth-order valence-electron chi connectivity index (χ4n) is 3.72. The van der Waals surface area contributed by atoms with Crippen LogP contribution in [0.1, 0.15) is 28.4 Å². The second-order valence-corrected chi connectivity index (χ2v) is 6.68. The summed E-state index contributed by atoms with van der Waals surface area (Å²) >= 11 is 0. The molecular formula is C21H23N3O3. The maximum Gasteiger partial charge on any atom is 0.246 e. The summed E-state index contributed by atoms with van der Waals surface area (Å²) in [5.74, 6) is 0.705. The van der Waals surface area contributed by atoms with Crippen LogP contribution in [0.15, 0.2) is 42.5 Å². The Balaban J connectivity index is 1.64. The average molecular weight is 365 g/mol. The highest BCUT2D eigenvalue weighted by Crippen LogP contribution is 2.34. The number of hydrazine groups is 1. The van der Waals surface area contributed by atoms with Crippen LogP contribution in [0.4, 0.5) is 5.69 Å². The normalized spacial score (nSPS) is 17.1. The largest absolute Gasteiger partial charge is 0.494 e. The van der Waals surface area contributed by atoms with Gasteiger partial charge in [-0.05, 0) is 42.8 Å². The topological polar surface area (TPSA) is 61.9 Å². The van der Waals surface area contributed by atoms with Crippen LogP contribution in [0.2, 0.25) is 0 Å². The fourth-order valence-corrected chi connectivity index (χ4v) is 3.72. The van der Waals surface area contributed by atoms with Crippen LogP contribution in [-0.2, 0) is 11.2 Å². The highest BCUT2D eigenvalue weighted by atomic mass is 16.5. The number of fused-ring (bicyclic) bond motifs is 1. The zero-order valence-electron chi connectivity index (χ0n) is 15.4. The van der Waals surface area contributed by atoms with Crippen molar-refractivity contribution >= 4 is 17.4 Å². The molecule has 2 aliphatic rings. The van der Waals surface area contributed by atoms with Gasteiger partial charge >= 0.3 is 0 Å². The molecule has 1 saturated heterocycles. The number of hydrogen-bond donors (Lipinski definition) is 1. The van der Waals surface area contributed by atoms with Crippen LogP contribution in [-0.4, -0.2) is 49.5 Å². The quantitative estimate of drug-likeness (QED) is 0.822. The SMILES string of the molecule is CCOc1ccc(C(=O)c2cccc3c2CC(=O)N3N2CCNCC2)cc1. The van der Waals surface area contributed by atoms with Crippen molar-refractivity contribution in [3.63, 3.8) is 0 Å². The molecule has 2 heterocycles. The first kappa shape index (κ1) is 17.7. The molecule has 140 valence electrons. The molecule has 27 heavy (non-hydrogen) atoms. The molecule has 0 aliphatic carbocycles. The van der Waals surface area contributed by atoms with Crippen LogP contribution in [0.3, 0.4) is 0 Å². The van der Waals surface area contributed by atoms with Gasteiger partial charge in [-0.2, -0.15) is 0 Å². The zero-order chi connectivity index (χ0) is 18.8. The fraction of sp³-hybridized carbons (Fsp3) is 0.333. The third-order valence-electron chi connectivity index (χ3n) is 4.99. The van der Waals surface area contributed by atoms with Crippen molar-refractivity contribution in [1.29, 1.82) is 0 Å². The van der Waals surface area contributed by atoms with Crippen molar-refractivity contribution < 1.29 is 14.3 Å². The van der Waals surface area contributed by atoms with E-state index in [1.165, 1.54) is 0 Å². The zero-order valence-corrected chi connectivity index (χ0v) is 15.4. The lowest BCUT2D eigenvalue weighted by Gasteiger charge is -2.35. The molecule has 0 saturated carbocycles. The Labute approximate surface area is 158 Å². The summed E-state index contributed by atoms with van der Waals surface area (Å²) in [6, 6.07) is 12.8. The number of ether oxygens (including phenoxy) is 1. The van der Waals surface area contributed by atoms with Crippen molar-refractivity contribution in [2.75, 3.05) is 37.8 Å². The maximum absolute atomic E-state index is 13.1. The van der Waals surface area contributed by atoms with E-state index in [1.807, 2.05) is 25.1 Å². The van der Waals surface area contributed by atoms with E-state index >= 15 is 0 Å². The number of hydrogen-bond acceptors (Lipinski definition) is 5. The second kappa shape index (κ2) is 7.50. The predicted molar refractivity (Wildman–Crippen MR) is 103 cm³/mol. The van der Waals surface area contributed by atoms with Crippen LogP contribution < -0.4 is 15.1 Å². The molecule has 6 nitrogen and oxygen atoms in total. The minimum atomic E-state index is -0.0649. The number of piperazine rings is 1. The van der Waals surface area contributed by atoms with Crippen molar-refractivity contribution in [3.8, 4) is 5.75 Å². The van der Waals surface area contributed by atoms with Crippen LogP contribution >= 0.6 is 0 Å². The second-order valence-electron chi connectivity index (χ2n) is 6.68. The van der Waals surface area contributed by atoms with Crippen molar-refractivity contribution in [1.82, 2.24) is 10.3 Å². The highest BCUT2D eigenvalue weighted by Gasteiger charge is 2.35. The van der Waals surface area contributed by atoms with Crippen LogP contribution in [0.5, 0.6) is 5.75 Å². The van der Waals surface area contributed by atoms with Gasteiger partial charge in [-0.25, -0.2) is 10.0 Å². The van der Waals surface area contributed by atoms with E-state index < -0.39 is 0 Å².